The fourth-order valence-corrected chi connectivity index (χ4v) is 3.13. The van der Waals surface area contributed by atoms with E-state index in [1.54, 1.807) is 7.11 Å². The molecule has 1 aliphatic rings. The summed E-state index contributed by atoms with van der Waals surface area (Å²) in [5, 5.41) is 3.66. The number of nitrogens with one attached hydrogen (secondary N) is 1. The van der Waals surface area contributed by atoms with Gasteiger partial charge in [-0.05, 0) is 38.1 Å². The minimum atomic E-state index is 0.355. The average molecular weight is 301 g/mol. The van der Waals surface area contributed by atoms with Crippen LogP contribution in [0.4, 0.5) is 0 Å². The van der Waals surface area contributed by atoms with Crippen LogP contribution in [0.3, 0.4) is 0 Å². The Hall–Kier alpha value is -0.160. The largest absolute Gasteiger partial charge is 0.382 e. The Morgan fingerprint density at radius 1 is 1.00 bits per heavy atom. The summed E-state index contributed by atoms with van der Waals surface area (Å²) in [7, 11) is 1.69. The smallest absolute Gasteiger partial charge is 0.0731 e. The highest BCUT2D eigenvalue weighted by atomic mass is 16.5. The zero-order chi connectivity index (χ0) is 15.3. The Morgan fingerprint density at radius 2 is 1.81 bits per heavy atom. The Labute approximate surface area is 130 Å². The van der Waals surface area contributed by atoms with Gasteiger partial charge in [-0.15, -0.1) is 0 Å². The van der Waals surface area contributed by atoms with E-state index in [-0.39, 0.29) is 0 Å². The van der Waals surface area contributed by atoms with E-state index in [1.807, 2.05) is 0 Å². The number of rotatable bonds is 12. The molecule has 4 heteroatoms. The van der Waals surface area contributed by atoms with Gasteiger partial charge in [0.05, 0.1) is 32.5 Å². The third kappa shape index (κ3) is 8.15. The molecule has 1 aliphatic carbocycles. The van der Waals surface area contributed by atoms with Crippen molar-refractivity contribution in [1.82, 2.24) is 5.32 Å². The van der Waals surface area contributed by atoms with Crippen molar-refractivity contribution in [1.29, 1.82) is 0 Å². The van der Waals surface area contributed by atoms with Crippen molar-refractivity contribution in [2.45, 2.75) is 64.5 Å². The number of methoxy groups -OCH3 is 1. The van der Waals surface area contributed by atoms with Crippen LogP contribution in [0.5, 0.6) is 0 Å². The van der Waals surface area contributed by atoms with Crippen molar-refractivity contribution in [3.63, 3.8) is 0 Å². The van der Waals surface area contributed by atoms with Gasteiger partial charge in [0.25, 0.3) is 0 Å². The summed E-state index contributed by atoms with van der Waals surface area (Å²) < 4.78 is 16.6. The van der Waals surface area contributed by atoms with Crippen molar-refractivity contribution in [3.8, 4) is 0 Å². The molecule has 0 spiro atoms. The average Bonchev–Trinajstić information content (AvgIpc) is 2.50. The second-order valence-electron chi connectivity index (χ2n) is 6.04. The van der Waals surface area contributed by atoms with E-state index < -0.39 is 0 Å². The molecular formula is C17H35NO3. The van der Waals surface area contributed by atoms with Gasteiger partial charge in [0.2, 0.25) is 0 Å². The molecule has 21 heavy (non-hydrogen) atoms. The lowest BCUT2D eigenvalue weighted by molar-refractivity contribution is -0.0414. The number of ether oxygens (including phenoxy) is 3. The molecule has 1 saturated carbocycles. The fraction of sp³-hybridized carbons (Fsp3) is 1.00. The Bertz CT molecular complexity index is 238. The lowest BCUT2D eigenvalue weighted by Crippen LogP contribution is -2.46. The summed E-state index contributed by atoms with van der Waals surface area (Å²) in [6, 6.07) is 0.525. The molecule has 0 bridgehead atoms. The first kappa shape index (κ1) is 18.9. The van der Waals surface area contributed by atoms with Gasteiger partial charge in [-0.3, -0.25) is 0 Å². The molecule has 0 radical (unpaired) electrons. The van der Waals surface area contributed by atoms with Crippen LogP contribution in [-0.4, -0.2) is 52.2 Å². The second kappa shape index (κ2) is 12.4. The SMILES string of the molecule is CCCNC1CCC(CCC)CC1OCCOCCOC. The Kier molecular flexibility index (Phi) is 11.1. The van der Waals surface area contributed by atoms with E-state index >= 15 is 0 Å². The normalized spacial score (nSPS) is 26.1. The van der Waals surface area contributed by atoms with Crippen LogP contribution in [0.15, 0.2) is 0 Å². The van der Waals surface area contributed by atoms with Gasteiger partial charge >= 0.3 is 0 Å². The van der Waals surface area contributed by atoms with Crippen molar-refractivity contribution in [2.75, 3.05) is 40.1 Å². The highest BCUT2D eigenvalue weighted by Crippen LogP contribution is 2.30. The second-order valence-corrected chi connectivity index (χ2v) is 6.04. The molecule has 126 valence electrons. The maximum absolute atomic E-state index is 6.12. The van der Waals surface area contributed by atoms with E-state index in [4.69, 9.17) is 14.2 Å². The minimum Gasteiger partial charge on any atom is -0.382 e. The molecule has 4 nitrogen and oxygen atoms in total. The van der Waals surface area contributed by atoms with Gasteiger partial charge in [0.15, 0.2) is 0 Å². The minimum absolute atomic E-state index is 0.355. The van der Waals surface area contributed by atoms with Crippen molar-refractivity contribution in [2.24, 2.45) is 5.92 Å². The zero-order valence-corrected chi connectivity index (χ0v) is 14.2. The number of hydrogen-bond acceptors (Lipinski definition) is 4. The monoisotopic (exact) mass is 301 g/mol. The zero-order valence-electron chi connectivity index (χ0n) is 14.2. The molecule has 0 aromatic rings. The molecule has 3 atom stereocenters. The van der Waals surface area contributed by atoms with Gasteiger partial charge in [0, 0.05) is 13.2 Å². The lowest BCUT2D eigenvalue weighted by atomic mass is 9.81. The standard InChI is InChI=1S/C17H35NO3/c1-4-6-15-7-8-16(18-9-5-2)17(14-15)21-13-12-20-11-10-19-3/h15-18H,4-14H2,1-3H3. The van der Waals surface area contributed by atoms with Crippen LogP contribution >= 0.6 is 0 Å². The summed E-state index contributed by atoms with van der Waals surface area (Å²) in [6.45, 7) is 8.25. The highest BCUT2D eigenvalue weighted by molar-refractivity contribution is 4.85. The third-order valence-electron chi connectivity index (χ3n) is 4.25. The van der Waals surface area contributed by atoms with Crippen molar-refractivity contribution < 1.29 is 14.2 Å². The van der Waals surface area contributed by atoms with Crippen LogP contribution in [0, 0.1) is 5.92 Å². The first-order valence-corrected chi connectivity index (χ1v) is 8.73. The van der Waals surface area contributed by atoms with E-state index in [9.17, 15) is 0 Å². The highest BCUT2D eigenvalue weighted by Gasteiger charge is 2.30. The third-order valence-corrected chi connectivity index (χ3v) is 4.25. The van der Waals surface area contributed by atoms with E-state index in [2.05, 4.69) is 19.2 Å². The van der Waals surface area contributed by atoms with Gasteiger partial charge in [-0.2, -0.15) is 0 Å². The molecular weight excluding hydrogens is 266 g/mol. The summed E-state index contributed by atoms with van der Waals surface area (Å²) in [5.41, 5.74) is 0. The summed E-state index contributed by atoms with van der Waals surface area (Å²) in [5.74, 6) is 0.842. The fourth-order valence-electron chi connectivity index (χ4n) is 3.13. The van der Waals surface area contributed by atoms with Crippen LogP contribution < -0.4 is 5.32 Å². The van der Waals surface area contributed by atoms with Gasteiger partial charge in [-0.25, -0.2) is 0 Å². The van der Waals surface area contributed by atoms with E-state index in [0.29, 0.717) is 38.6 Å². The van der Waals surface area contributed by atoms with Crippen LogP contribution in [-0.2, 0) is 14.2 Å². The molecule has 0 aromatic carbocycles. The lowest BCUT2D eigenvalue weighted by Gasteiger charge is -2.36. The van der Waals surface area contributed by atoms with E-state index in [1.165, 1.54) is 38.5 Å². The van der Waals surface area contributed by atoms with Gasteiger partial charge < -0.3 is 19.5 Å². The quantitative estimate of drug-likeness (QED) is 0.563. The van der Waals surface area contributed by atoms with Crippen LogP contribution in [0.2, 0.25) is 0 Å². The molecule has 0 aromatic heterocycles. The maximum Gasteiger partial charge on any atom is 0.0731 e. The molecule has 0 heterocycles. The molecule has 1 rings (SSSR count). The van der Waals surface area contributed by atoms with Crippen molar-refractivity contribution >= 4 is 0 Å². The maximum atomic E-state index is 6.12. The van der Waals surface area contributed by atoms with Gasteiger partial charge in [0.1, 0.15) is 0 Å². The predicted molar refractivity (Wildman–Crippen MR) is 86.8 cm³/mol. The molecule has 3 unspecified atom stereocenters. The summed E-state index contributed by atoms with van der Waals surface area (Å²) in [6.07, 6.45) is 7.96. The molecule has 1 N–H and O–H groups in total. The van der Waals surface area contributed by atoms with Crippen LogP contribution in [0.1, 0.15) is 52.4 Å². The first-order valence-electron chi connectivity index (χ1n) is 8.73. The topological polar surface area (TPSA) is 39.7 Å². The number of hydrogen-bond donors (Lipinski definition) is 1. The summed E-state index contributed by atoms with van der Waals surface area (Å²) in [4.78, 5) is 0. The molecule has 0 saturated heterocycles. The molecule has 0 aliphatic heterocycles. The van der Waals surface area contributed by atoms with Gasteiger partial charge in [-0.1, -0.05) is 26.7 Å². The predicted octanol–water partition coefficient (Wildman–Crippen LogP) is 3.00. The Balaban J connectivity index is 2.27. The first-order chi connectivity index (χ1) is 10.3. The van der Waals surface area contributed by atoms with Crippen molar-refractivity contribution in [3.05, 3.63) is 0 Å². The van der Waals surface area contributed by atoms with E-state index in [0.717, 1.165) is 12.5 Å². The molecule has 1 fully saturated rings. The summed E-state index contributed by atoms with van der Waals surface area (Å²) >= 11 is 0. The Morgan fingerprint density at radius 3 is 2.52 bits per heavy atom. The molecule has 0 amide bonds. The van der Waals surface area contributed by atoms with Crippen LogP contribution in [0.25, 0.3) is 0 Å².